The second-order valence-electron chi connectivity index (χ2n) is 10.2. The van der Waals surface area contributed by atoms with E-state index in [4.69, 9.17) is 18.9 Å². The van der Waals surface area contributed by atoms with Crippen molar-refractivity contribution in [2.45, 2.75) is 51.1 Å². The molecule has 0 bridgehead atoms. The van der Waals surface area contributed by atoms with Crippen LogP contribution in [-0.2, 0) is 16.0 Å². The quantitative estimate of drug-likeness (QED) is 0.229. The molecule has 0 radical (unpaired) electrons. The van der Waals surface area contributed by atoms with Crippen molar-refractivity contribution in [2.75, 3.05) is 19.8 Å². The van der Waals surface area contributed by atoms with Crippen LogP contribution in [0.4, 0.5) is 0 Å². The molecule has 4 aromatic rings. The Balaban J connectivity index is 1.32. The van der Waals surface area contributed by atoms with Gasteiger partial charge in [0, 0.05) is 17.2 Å². The van der Waals surface area contributed by atoms with Gasteiger partial charge in [-0.15, -0.1) is 0 Å². The van der Waals surface area contributed by atoms with Gasteiger partial charge in [-0.05, 0) is 62.8 Å². The number of carbonyl (C=O) groups excluding carboxylic acids is 1. The maximum absolute atomic E-state index is 11.9. The number of rotatable bonds is 8. The normalized spacial score (nSPS) is 19.0. The fourth-order valence-electron chi connectivity index (χ4n) is 6.09. The zero-order valence-corrected chi connectivity index (χ0v) is 22.3. The van der Waals surface area contributed by atoms with Crippen molar-refractivity contribution in [3.8, 4) is 28.3 Å². The number of ether oxygens (including phenoxy) is 2. The first-order valence-electron chi connectivity index (χ1n) is 14.0. The topological polar surface area (TPSA) is 64.8 Å². The molecule has 39 heavy (non-hydrogen) atoms. The smallest absolute Gasteiger partial charge is 0.344 e. The molecule has 1 aromatic heterocycles. The van der Waals surface area contributed by atoms with Gasteiger partial charge in [0.2, 0.25) is 5.89 Å². The van der Waals surface area contributed by atoms with Gasteiger partial charge in [-0.1, -0.05) is 72.8 Å². The number of hydrogen-bond donors (Lipinski definition) is 0. The first kappa shape index (κ1) is 25.4. The summed E-state index contributed by atoms with van der Waals surface area (Å²) in [4.78, 5) is 19.6. The van der Waals surface area contributed by atoms with E-state index in [2.05, 4.69) is 35.2 Å². The van der Waals surface area contributed by atoms with E-state index in [1.807, 2.05) is 48.5 Å². The number of hydrogen-bond acceptors (Lipinski definition) is 6. The average Bonchev–Trinajstić information content (AvgIpc) is 3.65. The summed E-state index contributed by atoms with van der Waals surface area (Å²) in [6.07, 6.45) is 5.19. The number of carbonyl (C=O) groups is 1. The van der Waals surface area contributed by atoms with E-state index in [-0.39, 0.29) is 24.7 Å². The number of benzene rings is 3. The van der Waals surface area contributed by atoms with Crippen molar-refractivity contribution in [2.24, 2.45) is 0 Å². The molecule has 2 aliphatic rings. The highest BCUT2D eigenvalue weighted by molar-refractivity contribution is 5.76. The second kappa shape index (κ2) is 11.5. The predicted octanol–water partition coefficient (Wildman–Crippen LogP) is 7.17. The number of esters is 1. The zero-order chi connectivity index (χ0) is 26.6. The maximum Gasteiger partial charge on any atom is 0.344 e. The Kier molecular flexibility index (Phi) is 7.46. The third kappa shape index (κ3) is 5.21. The standard InChI is InChI=1S/C33H34N2O4/c1-2-37-30(36)22-38-29-20-10-16-25-26(29)17-9-18-27(25)35-21-11-19-28(35)33-34-31(23-12-5-3-6-13-23)32(39-33)24-14-7-4-8-15-24/h3-8,10,12-16,20,27-28H,2,9,11,17-19,21-22H2,1H3. The van der Waals surface area contributed by atoms with Gasteiger partial charge in [-0.25, -0.2) is 9.78 Å². The molecule has 0 spiro atoms. The van der Waals surface area contributed by atoms with Crippen LogP contribution < -0.4 is 4.74 Å². The molecule has 2 unspecified atom stereocenters. The van der Waals surface area contributed by atoms with Crippen LogP contribution in [0.1, 0.15) is 61.7 Å². The zero-order valence-electron chi connectivity index (χ0n) is 22.3. The van der Waals surface area contributed by atoms with Gasteiger partial charge in [-0.2, -0.15) is 0 Å². The maximum atomic E-state index is 11.9. The van der Waals surface area contributed by atoms with Crippen molar-refractivity contribution in [3.63, 3.8) is 0 Å². The summed E-state index contributed by atoms with van der Waals surface area (Å²) in [5.41, 5.74) is 5.47. The summed E-state index contributed by atoms with van der Waals surface area (Å²) in [5.74, 6) is 2.05. The molecule has 6 rings (SSSR count). The third-order valence-electron chi connectivity index (χ3n) is 7.79. The number of oxazole rings is 1. The number of likely N-dealkylation sites (tertiary alicyclic amines) is 1. The largest absolute Gasteiger partial charge is 0.482 e. The highest BCUT2D eigenvalue weighted by Crippen LogP contribution is 2.46. The van der Waals surface area contributed by atoms with E-state index >= 15 is 0 Å². The van der Waals surface area contributed by atoms with Crippen LogP contribution >= 0.6 is 0 Å². The van der Waals surface area contributed by atoms with E-state index in [1.54, 1.807) is 6.92 Å². The lowest BCUT2D eigenvalue weighted by atomic mass is 9.86. The average molecular weight is 523 g/mol. The predicted molar refractivity (Wildman–Crippen MR) is 150 cm³/mol. The Morgan fingerprint density at radius 3 is 2.44 bits per heavy atom. The minimum absolute atomic E-state index is 0.0673. The summed E-state index contributed by atoms with van der Waals surface area (Å²) in [5, 5.41) is 0. The summed E-state index contributed by atoms with van der Waals surface area (Å²) in [6.45, 7) is 3.08. The lowest BCUT2D eigenvalue weighted by Gasteiger charge is -2.36. The monoisotopic (exact) mass is 522 g/mol. The molecule has 0 amide bonds. The first-order valence-corrected chi connectivity index (χ1v) is 14.0. The molecule has 1 aliphatic heterocycles. The van der Waals surface area contributed by atoms with Crippen LogP contribution in [0.3, 0.4) is 0 Å². The molecule has 1 saturated heterocycles. The second-order valence-corrected chi connectivity index (χ2v) is 10.2. The van der Waals surface area contributed by atoms with Gasteiger partial charge in [0.15, 0.2) is 12.4 Å². The van der Waals surface area contributed by atoms with Crippen molar-refractivity contribution in [1.82, 2.24) is 9.88 Å². The Bertz CT molecular complexity index is 1360. The number of aromatic nitrogens is 1. The van der Waals surface area contributed by atoms with E-state index in [9.17, 15) is 4.79 Å². The molecular weight excluding hydrogens is 488 g/mol. The van der Waals surface area contributed by atoms with Crippen LogP contribution in [0.15, 0.2) is 83.3 Å². The van der Waals surface area contributed by atoms with Crippen LogP contribution in [0.25, 0.3) is 22.6 Å². The Hall–Kier alpha value is -3.90. The first-order chi connectivity index (χ1) is 19.2. The molecule has 6 nitrogen and oxygen atoms in total. The van der Waals surface area contributed by atoms with Crippen molar-refractivity contribution >= 4 is 5.97 Å². The number of nitrogens with zero attached hydrogens (tertiary/aromatic N) is 2. The Morgan fingerprint density at radius 1 is 0.923 bits per heavy atom. The van der Waals surface area contributed by atoms with Crippen LogP contribution in [-0.4, -0.2) is 35.6 Å². The Labute approximate surface area is 229 Å². The molecule has 200 valence electrons. The van der Waals surface area contributed by atoms with Crippen LogP contribution in [0, 0.1) is 0 Å². The van der Waals surface area contributed by atoms with Crippen molar-refractivity contribution in [3.05, 3.63) is 95.9 Å². The van der Waals surface area contributed by atoms with E-state index in [1.165, 1.54) is 11.1 Å². The highest BCUT2D eigenvalue weighted by atomic mass is 16.6. The summed E-state index contributed by atoms with van der Waals surface area (Å²) >= 11 is 0. The third-order valence-corrected chi connectivity index (χ3v) is 7.79. The van der Waals surface area contributed by atoms with E-state index in [0.29, 0.717) is 6.61 Å². The van der Waals surface area contributed by atoms with Gasteiger partial charge in [0.1, 0.15) is 11.4 Å². The van der Waals surface area contributed by atoms with Gasteiger partial charge in [0.25, 0.3) is 0 Å². The lowest BCUT2D eigenvalue weighted by Crippen LogP contribution is -2.31. The van der Waals surface area contributed by atoms with Crippen molar-refractivity contribution in [1.29, 1.82) is 0 Å². The highest BCUT2D eigenvalue weighted by Gasteiger charge is 2.38. The SMILES string of the molecule is CCOC(=O)COc1cccc2c1CCCC2N1CCCC1c1nc(-c2ccccc2)c(-c2ccccc2)o1. The fourth-order valence-corrected chi connectivity index (χ4v) is 6.09. The summed E-state index contributed by atoms with van der Waals surface area (Å²) < 4.78 is 17.6. The van der Waals surface area contributed by atoms with Gasteiger partial charge < -0.3 is 13.9 Å². The molecule has 2 atom stereocenters. The van der Waals surface area contributed by atoms with Gasteiger partial charge in [-0.3, -0.25) is 4.90 Å². The van der Waals surface area contributed by atoms with Crippen LogP contribution in [0.5, 0.6) is 5.75 Å². The minimum Gasteiger partial charge on any atom is -0.482 e. The van der Waals surface area contributed by atoms with Crippen LogP contribution in [0.2, 0.25) is 0 Å². The fraction of sp³-hybridized carbons (Fsp3) is 0.333. The molecular formula is C33H34N2O4. The van der Waals surface area contributed by atoms with E-state index < -0.39 is 0 Å². The molecule has 3 aromatic carbocycles. The van der Waals surface area contributed by atoms with E-state index in [0.717, 1.165) is 72.9 Å². The summed E-state index contributed by atoms with van der Waals surface area (Å²) in [6, 6.07) is 27.1. The van der Waals surface area contributed by atoms with Gasteiger partial charge in [0.05, 0.1) is 12.6 Å². The molecule has 0 saturated carbocycles. The molecule has 2 heterocycles. The molecule has 1 aliphatic carbocycles. The minimum atomic E-state index is -0.339. The van der Waals surface area contributed by atoms with Gasteiger partial charge >= 0.3 is 5.97 Å². The Morgan fingerprint density at radius 2 is 1.67 bits per heavy atom. The lowest BCUT2D eigenvalue weighted by molar-refractivity contribution is -0.145. The number of fused-ring (bicyclic) bond motifs is 1. The molecule has 6 heteroatoms. The summed E-state index contributed by atoms with van der Waals surface area (Å²) in [7, 11) is 0. The van der Waals surface area contributed by atoms with Crippen molar-refractivity contribution < 1.29 is 18.7 Å². The molecule has 0 N–H and O–H groups in total. The molecule has 1 fully saturated rings.